The molecule has 0 aliphatic carbocycles. The van der Waals surface area contributed by atoms with Crippen molar-refractivity contribution in [2.75, 3.05) is 5.32 Å². The first kappa shape index (κ1) is 19.3. The molecule has 5 heteroatoms. The van der Waals surface area contributed by atoms with Crippen LogP contribution in [-0.2, 0) is 11.2 Å². The molecule has 2 aromatic carbocycles. The quantitative estimate of drug-likeness (QED) is 0.662. The van der Waals surface area contributed by atoms with Crippen molar-refractivity contribution in [1.29, 1.82) is 0 Å². The average Bonchev–Trinajstić information content (AvgIpc) is 2.74. The highest BCUT2D eigenvalue weighted by molar-refractivity contribution is 6.00. The van der Waals surface area contributed by atoms with Crippen molar-refractivity contribution in [3.63, 3.8) is 0 Å². The largest absolute Gasteiger partial charge is 0.339 e. The summed E-state index contributed by atoms with van der Waals surface area (Å²) in [6, 6.07) is 21.9. The van der Waals surface area contributed by atoms with Crippen LogP contribution in [0.25, 0.3) is 0 Å². The molecule has 2 N–H and O–H groups in total. The summed E-state index contributed by atoms with van der Waals surface area (Å²) in [6.45, 7) is 1.93. The molecule has 0 saturated heterocycles. The molecule has 142 valence electrons. The second-order valence-electron chi connectivity index (χ2n) is 6.57. The molecule has 0 bridgehead atoms. The number of hydrogen-bond acceptors (Lipinski definition) is 3. The number of aromatic nitrogens is 1. The number of carbonyl (C=O) groups excluding carboxylic acids is 2. The van der Waals surface area contributed by atoms with E-state index in [1.165, 1.54) is 0 Å². The first-order valence-corrected chi connectivity index (χ1v) is 9.26. The second kappa shape index (κ2) is 9.46. The number of pyridine rings is 1. The third-order valence-electron chi connectivity index (χ3n) is 4.49. The maximum Gasteiger partial charge on any atom is 0.270 e. The van der Waals surface area contributed by atoms with E-state index in [1.807, 2.05) is 61.5 Å². The van der Waals surface area contributed by atoms with E-state index in [2.05, 4.69) is 15.6 Å². The fourth-order valence-electron chi connectivity index (χ4n) is 2.89. The van der Waals surface area contributed by atoms with Crippen molar-refractivity contribution in [3.8, 4) is 0 Å². The van der Waals surface area contributed by atoms with Crippen molar-refractivity contribution in [2.45, 2.75) is 25.8 Å². The molecule has 28 heavy (non-hydrogen) atoms. The molecule has 1 aromatic heterocycles. The van der Waals surface area contributed by atoms with E-state index >= 15 is 0 Å². The van der Waals surface area contributed by atoms with Gasteiger partial charge in [0.15, 0.2) is 0 Å². The minimum absolute atomic E-state index is 0.241. The summed E-state index contributed by atoms with van der Waals surface area (Å²) in [6.07, 6.45) is 2.72. The van der Waals surface area contributed by atoms with Crippen LogP contribution < -0.4 is 10.6 Å². The minimum atomic E-state index is -0.672. The van der Waals surface area contributed by atoms with Crippen LogP contribution in [0.4, 0.5) is 5.69 Å². The van der Waals surface area contributed by atoms with Crippen LogP contribution in [0.2, 0.25) is 0 Å². The Kier molecular flexibility index (Phi) is 6.52. The van der Waals surface area contributed by atoms with E-state index in [9.17, 15) is 9.59 Å². The molecule has 5 nitrogen and oxygen atoms in total. The lowest BCUT2D eigenvalue weighted by atomic mass is 10.0. The number of para-hydroxylation sites is 1. The molecule has 0 radical (unpaired) electrons. The van der Waals surface area contributed by atoms with E-state index in [0.29, 0.717) is 12.8 Å². The molecule has 2 amide bonds. The second-order valence-corrected chi connectivity index (χ2v) is 6.57. The van der Waals surface area contributed by atoms with E-state index in [-0.39, 0.29) is 17.5 Å². The number of carbonyl (C=O) groups is 2. The third-order valence-corrected chi connectivity index (χ3v) is 4.49. The highest BCUT2D eigenvalue weighted by Crippen LogP contribution is 2.15. The summed E-state index contributed by atoms with van der Waals surface area (Å²) in [4.78, 5) is 29.5. The van der Waals surface area contributed by atoms with Crippen LogP contribution in [0, 0.1) is 6.92 Å². The third kappa shape index (κ3) is 5.27. The summed E-state index contributed by atoms with van der Waals surface area (Å²) < 4.78 is 0. The zero-order valence-electron chi connectivity index (χ0n) is 15.8. The van der Waals surface area contributed by atoms with Gasteiger partial charge in [0.05, 0.1) is 0 Å². The maximum atomic E-state index is 12.9. The van der Waals surface area contributed by atoms with E-state index in [0.717, 1.165) is 16.8 Å². The Morgan fingerprint density at radius 3 is 2.36 bits per heavy atom. The fraction of sp³-hybridized carbons (Fsp3) is 0.174. The van der Waals surface area contributed by atoms with Crippen LogP contribution in [0.15, 0.2) is 79.0 Å². The van der Waals surface area contributed by atoms with E-state index in [1.54, 1.807) is 24.4 Å². The molecular weight excluding hydrogens is 350 g/mol. The minimum Gasteiger partial charge on any atom is -0.339 e. The molecule has 0 spiro atoms. The van der Waals surface area contributed by atoms with Gasteiger partial charge in [0.25, 0.3) is 5.91 Å². The molecule has 0 aliphatic rings. The van der Waals surface area contributed by atoms with Gasteiger partial charge in [-0.15, -0.1) is 0 Å². The topological polar surface area (TPSA) is 71.1 Å². The summed E-state index contributed by atoms with van der Waals surface area (Å²) in [7, 11) is 0. The van der Waals surface area contributed by atoms with Gasteiger partial charge in [0.1, 0.15) is 11.7 Å². The average molecular weight is 373 g/mol. The first-order chi connectivity index (χ1) is 13.6. The van der Waals surface area contributed by atoms with Crippen molar-refractivity contribution in [2.24, 2.45) is 0 Å². The van der Waals surface area contributed by atoms with Crippen molar-refractivity contribution < 1.29 is 9.59 Å². The number of rotatable bonds is 7. The Morgan fingerprint density at radius 1 is 0.929 bits per heavy atom. The Hall–Kier alpha value is -3.47. The van der Waals surface area contributed by atoms with Gasteiger partial charge in [-0.1, -0.05) is 54.6 Å². The monoisotopic (exact) mass is 373 g/mol. The SMILES string of the molecule is Cc1ccccc1NC(=O)C(CCc1ccccc1)NC(=O)c1ccccn1. The zero-order valence-corrected chi connectivity index (χ0v) is 15.8. The van der Waals surface area contributed by atoms with Gasteiger partial charge in [-0.2, -0.15) is 0 Å². The normalized spacial score (nSPS) is 11.5. The van der Waals surface area contributed by atoms with Crippen molar-refractivity contribution in [1.82, 2.24) is 10.3 Å². The Balaban J connectivity index is 1.74. The van der Waals surface area contributed by atoms with Gasteiger partial charge < -0.3 is 10.6 Å². The van der Waals surface area contributed by atoms with Gasteiger partial charge in [0, 0.05) is 11.9 Å². The molecule has 3 aromatic rings. The van der Waals surface area contributed by atoms with Gasteiger partial charge in [0.2, 0.25) is 5.91 Å². The van der Waals surface area contributed by atoms with Gasteiger partial charge in [-0.25, -0.2) is 0 Å². The maximum absolute atomic E-state index is 12.9. The molecule has 0 fully saturated rings. The number of amides is 2. The molecule has 0 aliphatic heterocycles. The molecule has 1 unspecified atom stereocenters. The number of nitrogens with one attached hydrogen (secondary N) is 2. The zero-order chi connectivity index (χ0) is 19.8. The van der Waals surface area contributed by atoms with Crippen molar-refractivity contribution >= 4 is 17.5 Å². The summed E-state index contributed by atoms with van der Waals surface area (Å²) in [5.41, 5.74) is 3.11. The van der Waals surface area contributed by atoms with Crippen LogP contribution in [0.1, 0.15) is 28.0 Å². The molecule has 0 saturated carbocycles. The lowest BCUT2D eigenvalue weighted by molar-refractivity contribution is -0.118. The highest BCUT2D eigenvalue weighted by Gasteiger charge is 2.22. The summed E-state index contributed by atoms with van der Waals surface area (Å²) >= 11 is 0. The number of nitrogens with zero attached hydrogens (tertiary/aromatic N) is 1. The molecular formula is C23H23N3O2. The molecule has 3 rings (SSSR count). The highest BCUT2D eigenvalue weighted by atomic mass is 16.2. The number of aryl methyl sites for hydroxylation is 2. The first-order valence-electron chi connectivity index (χ1n) is 9.26. The van der Waals surface area contributed by atoms with E-state index < -0.39 is 6.04 Å². The summed E-state index contributed by atoms with van der Waals surface area (Å²) in [5.74, 6) is -0.604. The number of benzene rings is 2. The number of anilines is 1. The van der Waals surface area contributed by atoms with E-state index in [4.69, 9.17) is 0 Å². The fourth-order valence-corrected chi connectivity index (χ4v) is 2.89. The Labute approximate surface area is 164 Å². The lowest BCUT2D eigenvalue weighted by Gasteiger charge is -2.19. The predicted octanol–water partition coefficient (Wildman–Crippen LogP) is 3.76. The van der Waals surface area contributed by atoms with Gasteiger partial charge in [-0.3, -0.25) is 14.6 Å². The number of hydrogen-bond donors (Lipinski definition) is 2. The summed E-state index contributed by atoms with van der Waals surface area (Å²) in [5, 5.41) is 5.76. The van der Waals surface area contributed by atoms with Crippen LogP contribution in [0.5, 0.6) is 0 Å². The van der Waals surface area contributed by atoms with Crippen LogP contribution in [-0.4, -0.2) is 22.8 Å². The predicted molar refractivity (Wildman–Crippen MR) is 110 cm³/mol. The lowest BCUT2D eigenvalue weighted by Crippen LogP contribution is -2.44. The smallest absolute Gasteiger partial charge is 0.270 e. The molecule has 1 heterocycles. The molecule has 1 atom stereocenters. The van der Waals surface area contributed by atoms with Crippen LogP contribution >= 0.6 is 0 Å². The van der Waals surface area contributed by atoms with Crippen molar-refractivity contribution in [3.05, 3.63) is 95.8 Å². The standard InChI is InChI=1S/C23H23N3O2/c1-17-9-5-6-12-19(17)25-23(28)21(15-14-18-10-3-2-4-11-18)26-22(27)20-13-7-8-16-24-20/h2-13,16,21H,14-15H2,1H3,(H,25,28)(H,26,27). The van der Waals surface area contributed by atoms with Gasteiger partial charge >= 0.3 is 0 Å². The van der Waals surface area contributed by atoms with Crippen LogP contribution in [0.3, 0.4) is 0 Å². The Morgan fingerprint density at radius 2 is 1.64 bits per heavy atom. The van der Waals surface area contributed by atoms with Gasteiger partial charge in [-0.05, 0) is 49.1 Å². The Bertz CT molecular complexity index is 927.